The summed E-state index contributed by atoms with van der Waals surface area (Å²) < 4.78 is 7.06. The van der Waals surface area contributed by atoms with Crippen molar-refractivity contribution in [1.29, 1.82) is 0 Å². The van der Waals surface area contributed by atoms with E-state index in [2.05, 4.69) is 30.5 Å². The fourth-order valence-electron chi connectivity index (χ4n) is 3.67. The summed E-state index contributed by atoms with van der Waals surface area (Å²) in [5, 5.41) is 33.9. The average molecular weight is 447 g/mol. The minimum atomic E-state index is -1.24. The molecule has 1 aliphatic rings. The highest BCUT2D eigenvalue weighted by Crippen LogP contribution is 2.32. The van der Waals surface area contributed by atoms with E-state index in [1.54, 1.807) is 12.4 Å². The topological polar surface area (TPSA) is 151 Å². The summed E-state index contributed by atoms with van der Waals surface area (Å²) in [5.74, 6) is 0.367. The lowest BCUT2D eigenvalue weighted by Gasteiger charge is -2.16. The number of nitrogens with one attached hydrogen (secondary N) is 1. The first-order chi connectivity index (χ1) is 16.2. The fourth-order valence-corrected chi connectivity index (χ4v) is 3.67. The van der Waals surface area contributed by atoms with E-state index >= 15 is 0 Å². The van der Waals surface area contributed by atoms with E-state index in [0.717, 1.165) is 16.8 Å². The quantitative estimate of drug-likeness (QED) is 0.250. The van der Waals surface area contributed by atoms with Crippen molar-refractivity contribution in [1.82, 2.24) is 24.5 Å². The minimum absolute atomic E-state index is 0.367. The maximum Gasteiger partial charge on any atom is 0.177 e. The van der Waals surface area contributed by atoms with Gasteiger partial charge in [0.2, 0.25) is 0 Å². The molecule has 0 amide bonds. The van der Waals surface area contributed by atoms with Crippen molar-refractivity contribution in [3.63, 3.8) is 0 Å². The van der Waals surface area contributed by atoms with Gasteiger partial charge in [0.15, 0.2) is 23.2 Å². The third-order valence-electron chi connectivity index (χ3n) is 5.41. The Morgan fingerprint density at radius 3 is 2.61 bits per heavy atom. The molecule has 33 heavy (non-hydrogen) atoms. The number of nitrogens with zero attached hydrogens (tertiary/aromatic N) is 6. The Balaban J connectivity index is 1.32. The van der Waals surface area contributed by atoms with Crippen LogP contribution in [0.25, 0.3) is 22.4 Å². The smallest absolute Gasteiger partial charge is 0.177 e. The van der Waals surface area contributed by atoms with Crippen LogP contribution in [0, 0.1) is 0 Å². The summed E-state index contributed by atoms with van der Waals surface area (Å²) >= 11 is 0. The number of benzene rings is 1. The van der Waals surface area contributed by atoms with Crippen LogP contribution in [-0.4, -0.2) is 71.0 Å². The maximum atomic E-state index is 10.3. The highest BCUT2D eigenvalue weighted by molar-refractivity contribution is 5.85. The van der Waals surface area contributed by atoms with Gasteiger partial charge in [-0.3, -0.25) is 15.0 Å². The average Bonchev–Trinajstić information content (AvgIpc) is 3.41. The lowest BCUT2D eigenvalue weighted by molar-refractivity contribution is -0.0511. The van der Waals surface area contributed by atoms with Crippen LogP contribution >= 0.6 is 0 Å². The van der Waals surface area contributed by atoms with E-state index in [0.29, 0.717) is 17.0 Å². The molecule has 4 heterocycles. The number of aliphatic hydroxyl groups is 3. The first kappa shape index (κ1) is 21.1. The molecular formula is C22H21N7O4. The molecule has 1 aromatic carbocycles. The van der Waals surface area contributed by atoms with Gasteiger partial charge in [-0.1, -0.05) is 30.3 Å². The normalized spacial score (nSPS) is 22.9. The van der Waals surface area contributed by atoms with Gasteiger partial charge in [-0.15, -0.1) is 0 Å². The summed E-state index contributed by atoms with van der Waals surface area (Å²) in [7, 11) is 0. The first-order valence-electron chi connectivity index (χ1n) is 10.3. The molecule has 0 aliphatic carbocycles. The molecule has 1 aliphatic heterocycles. The number of aliphatic hydroxyl groups excluding tert-OH is 3. The van der Waals surface area contributed by atoms with Gasteiger partial charge < -0.3 is 20.1 Å². The Hall–Kier alpha value is -3.77. The van der Waals surface area contributed by atoms with E-state index in [9.17, 15) is 15.3 Å². The number of hydrazone groups is 1. The van der Waals surface area contributed by atoms with Crippen molar-refractivity contribution in [2.24, 2.45) is 5.10 Å². The van der Waals surface area contributed by atoms with Crippen LogP contribution in [0.5, 0.6) is 0 Å². The summed E-state index contributed by atoms with van der Waals surface area (Å²) in [6.07, 6.45) is 1.89. The van der Waals surface area contributed by atoms with Crippen LogP contribution in [0.1, 0.15) is 11.8 Å². The third-order valence-corrected chi connectivity index (χ3v) is 5.41. The van der Waals surface area contributed by atoms with Crippen LogP contribution in [-0.2, 0) is 4.74 Å². The lowest BCUT2D eigenvalue weighted by atomic mass is 10.1. The SMILES string of the molecule is OC[C@H]1O[C@@H](n2cnc3c(N/N=C/c4ccc(-c5ccccn5)cc4)ncnc32)C(O)C1O. The predicted molar refractivity (Wildman–Crippen MR) is 119 cm³/mol. The number of hydrogen-bond acceptors (Lipinski definition) is 10. The van der Waals surface area contributed by atoms with Gasteiger partial charge in [0, 0.05) is 11.8 Å². The molecule has 0 bridgehead atoms. The Kier molecular flexibility index (Phi) is 5.75. The summed E-state index contributed by atoms with van der Waals surface area (Å²) in [5.41, 5.74) is 6.45. The second kappa shape index (κ2) is 9.00. The van der Waals surface area contributed by atoms with E-state index in [4.69, 9.17) is 4.74 Å². The minimum Gasteiger partial charge on any atom is -0.394 e. The fraction of sp³-hybridized carbons (Fsp3) is 0.227. The van der Waals surface area contributed by atoms with Crippen molar-refractivity contribution in [2.75, 3.05) is 12.0 Å². The molecular weight excluding hydrogens is 426 g/mol. The van der Waals surface area contributed by atoms with Crippen molar-refractivity contribution < 1.29 is 20.1 Å². The summed E-state index contributed by atoms with van der Waals surface area (Å²) in [6, 6.07) is 13.6. The van der Waals surface area contributed by atoms with Gasteiger partial charge in [0.1, 0.15) is 24.6 Å². The molecule has 3 aromatic heterocycles. The summed E-state index contributed by atoms with van der Waals surface area (Å²) in [4.78, 5) is 17.0. The van der Waals surface area contributed by atoms with Crippen LogP contribution in [0.3, 0.4) is 0 Å². The van der Waals surface area contributed by atoms with Crippen molar-refractivity contribution in [3.05, 3.63) is 66.9 Å². The molecule has 4 N–H and O–H groups in total. The standard InChI is InChI=1S/C22H21N7O4/c30-10-16-18(31)19(32)22(33-16)29-12-26-17-20(24-11-25-21(17)29)28-27-9-13-4-6-14(7-5-13)15-3-1-2-8-23-15/h1-9,11-12,16,18-19,22,30-32H,10H2,(H,24,25,28)/b27-9+/t16-,18?,19?,22-/m1/s1. The molecule has 1 saturated heterocycles. The van der Waals surface area contributed by atoms with Crippen molar-refractivity contribution in [3.8, 4) is 11.3 Å². The number of imidazole rings is 1. The molecule has 5 rings (SSSR count). The van der Waals surface area contributed by atoms with E-state index in [1.165, 1.54) is 17.2 Å². The number of rotatable bonds is 6. The maximum absolute atomic E-state index is 10.3. The zero-order valence-electron chi connectivity index (χ0n) is 17.3. The zero-order chi connectivity index (χ0) is 22.8. The Bertz CT molecular complexity index is 1260. The summed E-state index contributed by atoms with van der Waals surface area (Å²) in [6.45, 7) is -0.416. The molecule has 11 nitrogen and oxygen atoms in total. The number of pyridine rings is 1. The highest BCUT2D eigenvalue weighted by atomic mass is 16.6. The predicted octanol–water partition coefficient (Wildman–Crippen LogP) is 0.946. The number of aromatic nitrogens is 5. The second-order valence-electron chi connectivity index (χ2n) is 7.48. The first-order valence-corrected chi connectivity index (χ1v) is 10.3. The molecule has 0 spiro atoms. The third kappa shape index (κ3) is 4.05. The number of ether oxygens (including phenoxy) is 1. The van der Waals surface area contributed by atoms with E-state index in [1.807, 2.05) is 42.5 Å². The van der Waals surface area contributed by atoms with Gasteiger partial charge in [-0.2, -0.15) is 5.10 Å². The van der Waals surface area contributed by atoms with Gasteiger partial charge in [0.05, 0.1) is 24.8 Å². The van der Waals surface area contributed by atoms with Gasteiger partial charge >= 0.3 is 0 Å². The van der Waals surface area contributed by atoms with E-state index < -0.39 is 31.1 Å². The molecule has 11 heteroatoms. The molecule has 168 valence electrons. The van der Waals surface area contributed by atoms with Crippen LogP contribution in [0.4, 0.5) is 5.82 Å². The second-order valence-corrected chi connectivity index (χ2v) is 7.48. The molecule has 0 radical (unpaired) electrons. The van der Waals surface area contributed by atoms with Crippen LogP contribution in [0.15, 0.2) is 66.4 Å². The molecule has 1 fully saturated rings. The number of fused-ring (bicyclic) bond motifs is 1. The molecule has 0 saturated carbocycles. The monoisotopic (exact) mass is 447 g/mol. The largest absolute Gasteiger partial charge is 0.394 e. The Labute approximate surface area is 188 Å². The number of anilines is 1. The molecule has 2 unspecified atom stereocenters. The van der Waals surface area contributed by atoms with Crippen LogP contribution in [0.2, 0.25) is 0 Å². The van der Waals surface area contributed by atoms with Crippen molar-refractivity contribution >= 4 is 23.2 Å². The van der Waals surface area contributed by atoms with Gasteiger partial charge in [-0.05, 0) is 17.7 Å². The van der Waals surface area contributed by atoms with Crippen molar-refractivity contribution in [2.45, 2.75) is 24.5 Å². The molecule has 4 atom stereocenters. The van der Waals surface area contributed by atoms with Gasteiger partial charge in [0.25, 0.3) is 0 Å². The Morgan fingerprint density at radius 1 is 1.03 bits per heavy atom. The highest BCUT2D eigenvalue weighted by Gasteiger charge is 2.44. The van der Waals surface area contributed by atoms with E-state index in [-0.39, 0.29) is 0 Å². The number of hydrogen-bond donors (Lipinski definition) is 4. The van der Waals surface area contributed by atoms with Gasteiger partial charge in [-0.25, -0.2) is 15.0 Å². The zero-order valence-corrected chi connectivity index (χ0v) is 17.3. The molecule has 4 aromatic rings. The Morgan fingerprint density at radius 2 is 1.88 bits per heavy atom. The van der Waals surface area contributed by atoms with Crippen LogP contribution < -0.4 is 5.43 Å². The lowest BCUT2D eigenvalue weighted by Crippen LogP contribution is -2.33.